The van der Waals surface area contributed by atoms with Crippen LogP contribution in [0.5, 0.6) is 34.5 Å². The second-order valence-electron chi connectivity index (χ2n) is 15.1. The van der Waals surface area contributed by atoms with Gasteiger partial charge in [-0.05, 0) is 49.4 Å². The number of rotatable bonds is 11. The summed E-state index contributed by atoms with van der Waals surface area (Å²) in [5.41, 5.74) is -1.27. The van der Waals surface area contributed by atoms with Gasteiger partial charge < -0.3 is 104 Å². The van der Waals surface area contributed by atoms with Crippen molar-refractivity contribution in [1.82, 2.24) is 0 Å². The number of carbonyl (C=O) groups is 1. The first-order valence-electron chi connectivity index (χ1n) is 19.2. The number of carbonyl (C=O) groups excluding carboxylic acids is 1. The number of phenols is 4. The van der Waals surface area contributed by atoms with Crippen LogP contribution in [0.15, 0.2) is 63.8 Å². The first-order chi connectivity index (χ1) is 29.8. The highest BCUT2D eigenvalue weighted by Crippen LogP contribution is 2.44. The minimum atomic E-state index is -2.01. The van der Waals surface area contributed by atoms with Gasteiger partial charge in [0.25, 0.3) is 0 Å². The van der Waals surface area contributed by atoms with E-state index in [9.17, 15) is 76.0 Å². The lowest BCUT2D eigenvalue weighted by atomic mass is 9.98. The summed E-state index contributed by atoms with van der Waals surface area (Å²) in [6.45, 7) is 0.115. The first kappa shape index (κ1) is 45.6. The first-order valence-corrected chi connectivity index (χ1v) is 19.2. The van der Waals surface area contributed by atoms with Crippen molar-refractivity contribution in [1.29, 1.82) is 0 Å². The van der Waals surface area contributed by atoms with E-state index in [4.69, 9.17) is 37.6 Å². The fourth-order valence-corrected chi connectivity index (χ4v) is 6.99. The maximum absolute atomic E-state index is 13.6. The van der Waals surface area contributed by atoms with Crippen LogP contribution in [0.25, 0.3) is 22.6 Å². The molecule has 63 heavy (non-hydrogen) atoms. The second kappa shape index (κ2) is 18.4. The summed E-state index contributed by atoms with van der Waals surface area (Å²) >= 11 is 0. The van der Waals surface area contributed by atoms with Crippen molar-refractivity contribution in [3.05, 3.63) is 70.4 Å². The topological polar surface area (TPSA) is 375 Å². The van der Waals surface area contributed by atoms with Crippen LogP contribution >= 0.6 is 0 Å². The van der Waals surface area contributed by atoms with Gasteiger partial charge in [-0.1, -0.05) is 0 Å². The number of hydrogen-bond acceptors (Lipinski definition) is 23. The van der Waals surface area contributed by atoms with Crippen LogP contribution in [-0.2, 0) is 23.7 Å². The Hall–Kier alpha value is -5.38. The van der Waals surface area contributed by atoms with E-state index < -0.39 is 145 Å². The van der Waals surface area contributed by atoms with Gasteiger partial charge in [0.1, 0.15) is 91.0 Å². The number of phenolic OH excluding ortho intramolecular Hbond substituents is 4. The monoisotopic (exact) mass is 892 g/mol. The number of aliphatic hydroxyl groups excluding tert-OH is 9. The van der Waals surface area contributed by atoms with Gasteiger partial charge in [-0.2, -0.15) is 0 Å². The van der Waals surface area contributed by atoms with Crippen molar-refractivity contribution in [3.63, 3.8) is 0 Å². The minimum absolute atomic E-state index is 0.0411. The van der Waals surface area contributed by atoms with E-state index >= 15 is 0 Å². The van der Waals surface area contributed by atoms with E-state index in [1.165, 1.54) is 31.2 Å². The molecular weight excluding hydrogens is 848 g/mol. The van der Waals surface area contributed by atoms with Crippen molar-refractivity contribution in [3.8, 4) is 57.1 Å². The van der Waals surface area contributed by atoms with Crippen LogP contribution < -0.4 is 14.9 Å². The predicted molar refractivity (Wildman–Crippen MR) is 203 cm³/mol. The Morgan fingerprint density at radius 3 is 1.79 bits per heavy atom. The van der Waals surface area contributed by atoms with Crippen LogP contribution in [0.1, 0.15) is 17.3 Å². The quantitative estimate of drug-likeness (QED) is 0.0538. The third-order valence-electron chi connectivity index (χ3n) is 10.7. The Kier molecular flexibility index (Phi) is 13.3. The summed E-state index contributed by atoms with van der Waals surface area (Å²) < 4.78 is 45.1. The number of esters is 1. The summed E-state index contributed by atoms with van der Waals surface area (Å²) in [6, 6.07) is 9.99. The van der Waals surface area contributed by atoms with Crippen molar-refractivity contribution >= 4 is 5.97 Å². The normalized spacial score (nSPS) is 33.5. The highest BCUT2D eigenvalue weighted by atomic mass is 16.7. The van der Waals surface area contributed by atoms with Crippen LogP contribution in [0.2, 0.25) is 0 Å². The molecule has 5 aliphatic rings. The molecular formula is C40H44O23. The molecule has 0 aromatic heterocycles. The average molecular weight is 893 g/mol. The summed E-state index contributed by atoms with van der Waals surface area (Å²) in [5.74, 6) is -5.09. The van der Waals surface area contributed by atoms with Gasteiger partial charge in [0.05, 0.1) is 23.8 Å². The maximum atomic E-state index is 13.6. The fourth-order valence-electron chi connectivity index (χ4n) is 6.99. The highest BCUT2D eigenvalue weighted by Gasteiger charge is 2.48. The van der Waals surface area contributed by atoms with E-state index in [0.29, 0.717) is 0 Å². The van der Waals surface area contributed by atoms with Gasteiger partial charge in [-0.15, -0.1) is 0 Å². The van der Waals surface area contributed by atoms with E-state index in [1.54, 1.807) is 0 Å². The summed E-state index contributed by atoms with van der Waals surface area (Å²) in [4.78, 5) is 26.1. The van der Waals surface area contributed by atoms with E-state index in [1.807, 2.05) is 0 Å². The van der Waals surface area contributed by atoms with Gasteiger partial charge in [0, 0.05) is 17.7 Å². The fraction of sp³-hybridized carbons (Fsp3) is 0.450. The van der Waals surface area contributed by atoms with Gasteiger partial charge in [-0.25, -0.2) is 4.79 Å². The zero-order chi connectivity index (χ0) is 45.6. The molecule has 0 radical (unpaired) electrons. The number of benzene rings is 3. The molecule has 0 bridgehead atoms. The molecule has 3 saturated heterocycles. The predicted octanol–water partition coefficient (Wildman–Crippen LogP) is -2.69. The summed E-state index contributed by atoms with van der Waals surface area (Å²) in [5, 5.41) is 135. The molecule has 0 saturated carbocycles. The molecule has 23 heteroatoms. The molecule has 23 nitrogen and oxygen atoms in total. The lowest BCUT2D eigenvalue weighted by Gasteiger charge is -2.42. The number of ether oxygens (including phenoxy) is 7. The van der Waals surface area contributed by atoms with Crippen LogP contribution in [0.3, 0.4) is 0 Å². The Labute approximate surface area is 354 Å². The van der Waals surface area contributed by atoms with E-state index in [2.05, 4.69) is 0 Å². The molecule has 0 spiro atoms. The third kappa shape index (κ3) is 9.32. The Morgan fingerprint density at radius 2 is 1.17 bits per heavy atom. The van der Waals surface area contributed by atoms with Gasteiger partial charge in [0.2, 0.25) is 12.6 Å². The zero-order valence-electron chi connectivity index (χ0n) is 32.7. The number of fused-ring (bicyclic) bond motifs is 1. The SMILES string of the molecule is C[C@H]1O[C@@H](OC[C@H]2O[C@@H](Oc3cc4c(=O)cc(O[C@@H]5O[C@H](COC(=O)c6ccc(O)cc6)[C@@H](O)[C@H](O)[C@H]5O)cc-4oc3-c3cc(O)c(O)c(O)c3)[C@H](O)[C@@H](O)[C@@H]2O)[C@@H](O)[C@@H](O)[C@@H]1O. The van der Waals surface area contributed by atoms with Crippen molar-refractivity contribution in [2.24, 2.45) is 0 Å². The van der Waals surface area contributed by atoms with E-state index in [0.717, 1.165) is 30.3 Å². The molecule has 3 fully saturated rings. The van der Waals surface area contributed by atoms with Gasteiger partial charge in [0.15, 0.2) is 40.5 Å². The van der Waals surface area contributed by atoms with Crippen molar-refractivity contribution in [2.75, 3.05) is 13.2 Å². The molecule has 7 rings (SSSR count). The molecule has 342 valence electrons. The molecule has 13 N–H and O–H groups in total. The standard InChI is InChI=1S/C40H44O23/c1-13-26(45)30(49)33(52)38(58-13)57-12-25-29(48)32(51)35(54)40(63-25)61-23-10-18-19(42)8-17(9-22(18)60-36(23)15-6-20(43)27(46)21(44)7-15)59-39-34(53)31(50)28(47)24(62-39)11-56-37(55)14-2-4-16(41)5-3-14/h2-10,13,24-26,28-35,38-41,43-54H,11-12H2,1H3/t13-,24-,25-,26-,28-,29-,30+,31+,32+,33+,34-,35-,38-,39-,40-/m1/s1. The lowest BCUT2D eigenvalue weighted by molar-refractivity contribution is -0.318. The summed E-state index contributed by atoms with van der Waals surface area (Å²) in [7, 11) is 0. The van der Waals surface area contributed by atoms with Crippen LogP contribution in [0, 0.1) is 0 Å². The van der Waals surface area contributed by atoms with Crippen LogP contribution in [0.4, 0.5) is 0 Å². The molecule has 4 heterocycles. The average Bonchev–Trinajstić information content (AvgIpc) is 3.25. The van der Waals surface area contributed by atoms with Crippen LogP contribution in [-0.4, -0.2) is 178 Å². The second-order valence-corrected chi connectivity index (χ2v) is 15.1. The van der Waals surface area contributed by atoms with Crippen molar-refractivity contribution in [2.45, 2.75) is 99.0 Å². The molecule has 4 aliphatic heterocycles. The number of aliphatic hydroxyl groups is 9. The molecule has 0 amide bonds. The smallest absolute Gasteiger partial charge is 0.338 e. The van der Waals surface area contributed by atoms with Gasteiger partial charge in [-0.3, -0.25) is 4.79 Å². The van der Waals surface area contributed by atoms with Gasteiger partial charge >= 0.3 is 5.97 Å². The molecule has 0 unspecified atom stereocenters. The highest BCUT2D eigenvalue weighted by molar-refractivity contribution is 5.89. The molecule has 1 aliphatic carbocycles. The Bertz CT molecular complexity index is 2240. The maximum Gasteiger partial charge on any atom is 0.338 e. The molecule has 2 aromatic rings. The largest absolute Gasteiger partial charge is 0.508 e. The molecule has 15 atom stereocenters. The van der Waals surface area contributed by atoms with E-state index in [-0.39, 0.29) is 33.9 Å². The summed E-state index contributed by atoms with van der Waals surface area (Å²) in [6.07, 6.45) is -25.5. The zero-order valence-corrected chi connectivity index (χ0v) is 32.7. The number of aromatic hydroxyl groups is 4. The Balaban J connectivity index is 1.15. The van der Waals surface area contributed by atoms with Crippen molar-refractivity contribution < 1.29 is 109 Å². The minimum Gasteiger partial charge on any atom is -0.508 e. The lowest BCUT2D eigenvalue weighted by Crippen LogP contribution is -2.61. The Morgan fingerprint density at radius 1 is 0.619 bits per heavy atom. The molecule has 2 aromatic carbocycles. The third-order valence-corrected chi connectivity index (χ3v) is 10.7. The number of hydrogen-bond donors (Lipinski definition) is 13.